The predicted octanol–water partition coefficient (Wildman–Crippen LogP) is 3.26. The van der Waals surface area contributed by atoms with Crippen LogP contribution in [-0.2, 0) is 14.4 Å². The Kier molecular flexibility index (Phi) is 5.12. The number of benzene rings is 2. The molecule has 0 spiro atoms. The third-order valence-electron chi connectivity index (χ3n) is 4.93. The fourth-order valence-electron chi connectivity index (χ4n) is 3.36. The summed E-state index contributed by atoms with van der Waals surface area (Å²) >= 11 is 1.28. The minimum atomic E-state index is -0.398. The maximum Gasteiger partial charge on any atom is 0.273 e. The topological polar surface area (TPSA) is 113 Å². The van der Waals surface area contributed by atoms with E-state index >= 15 is 0 Å². The Balaban J connectivity index is 1.32. The normalized spacial score (nSPS) is 15.4. The number of anilines is 3. The molecule has 0 saturated carbocycles. The highest BCUT2D eigenvalue weighted by Crippen LogP contribution is 2.33. The molecule has 3 aromatic rings. The van der Waals surface area contributed by atoms with E-state index < -0.39 is 5.91 Å². The summed E-state index contributed by atoms with van der Waals surface area (Å²) in [5.41, 5.74) is 2.89. The van der Waals surface area contributed by atoms with Crippen LogP contribution in [0.25, 0.3) is 11.3 Å². The Labute approximate surface area is 186 Å². The van der Waals surface area contributed by atoms with Gasteiger partial charge in [0.2, 0.25) is 5.91 Å². The lowest BCUT2D eigenvalue weighted by Crippen LogP contribution is -2.36. The number of ether oxygens (including phenoxy) is 1. The second kappa shape index (κ2) is 8.23. The molecule has 0 aliphatic carbocycles. The summed E-state index contributed by atoms with van der Waals surface area (Å²) in [7, 11) is 0. The molecule has 0 radical (unpaired) electrons. The molecule has 2 aromatic carbocycles. The molecule has 3 amide bonds. The van der Waals surface area contributed by atoms with Crippen LogP contribution in [0.4, 0.5) is 16.5 Å². The summed E-state index contributed by atoms with van der Waals surface area (Å²) in [6.45, 7) is -0.00356. The van der Waals surface area contributed by atoms with Gasteiger partial charge in [-0.05, 0) is 30.3 Å². The maximum atomic E-state index is 12.7. The van der Waals surface area contributed by atoms with Crippen LogP contribution in [-0.4, -0.2) is 35.0 Å². The Bertz CT molecular complexity index is 1250. The molecule has 0 atom stereocenters. The van der Waals surface area contributed by atoms with Gasteiger partial charge in [0.25, 0.3) is 11.8 Å². The van der Waals surface area contributed by atoms with Crippen LogP contribution in [0.3, 0.4) is 0 Å². The first-order chi connectivity index (χ1) is 15.6. The van der Waals surface area contributed by atoms with E-state index in [0.29, 0.717) is 27.9 Å². The fraction of sp³-hybridized carbons (Fsp3) is 0.136. The van der Waals surface area contributed by atoms with Crippen molar-refractivity contribution >= 4 is 51.3 Å². The average Bonchev–Trinajstić information content (AvgIpc) is 3.28. The van der Waals surface area contributed by atoms with Crippen LogP contribution in [0.5, 0.6) is 5.75 Å². The summed E-state index contributed by atoms with van der Waals surface area (Å²) in [4.78, 5) is 41.0. The number of carbonyl (C=O) groups is 3. The van der Waals surface area contributed by atoms with Crippen molar-refractivity contribution < 1.29 is 19.1 Å². The number of aromatic nitrogens is 1. The van der Waals surface area contributed by atoms with Crippen LogP contribution >= 0.6 is 11.3 Å². The largest absolute Gasteiger partial charge is 0.482 e. The van der Waals surface area contributed by atoms with Crippen LogP contribution in [0.15, 0.2) is 59.0 Å². The summed E-state index contributed by atoms with van der Waals surface area (Å²) in [5, 5.41) is 13.3. The smallest absolute Gasteiger partial charge is 0.273 e. The van der Waals surface area contributed by atoms with Gasteiger partial charge in [0.15, 0.2) is 11.7 Å². The third kappa shape index (κ3) is 3.95. The molecule has 0 unspecified atom stereocenters. The molecule has 1 aromatic heterocycles. The minimum absolute atomic E-state index is 0.00356. The van der Waals surface area contributed by atoms with Crippen molar-refractivity contribution in [3.63, 3.8) is 0 Å². The molecule has 5 rings (SSSR count). The molecule has 0 fully saturated rings. The molecular formula is C22H17N5O4S. The predicted molar refractivity (Wildman–Crippen MR) is 121 cm³/mol. The number of rotatable bonds is 4. The van der Waals surface area contributed by atoms with Crippen LogP contribution in [0.1, 0.15) is 12.8 Å². The molecule has 2 aliphatic heterocycles. The Morgan fingerprint density at radius 3 is 2.81 bits per heavy atom. The van der Waals surface area contributed by atoms with Crippen LogP contribution in [0, 0.1) is 0 Å². The van der Waals surface area contributed by atoms with Gasteiger partial charge in [-0.15, -0.1) is 11.3 Å². The summed E-state index contributed by atoms with van der Waals surface area (Å²) in [5.74, 6) is -0.166. The number of hydrogen-bond donors (Lipinski definition) is 2. The molecule has 0 bridgehead atoms. The number of fused-ring (bicyclic) bond motifs is 1. The van der Waals surface area contributed by atoms with E-state index in [1.165, 1.54) is 16.3 Å². The van der Waals surface area contributed by atoms with Crippen molar-refractivity contribution in [1.29, 1.82) is 0 Å². The van der Waals surface area contributed by atoms with Crippen molar-refractivity contribution in [1.82, 2.24) is 4.98 Å². The van der Waals surface area contributed by atoms with Gasteiger partial charge < -0.3 is 10.1 Å². The summed E-state index contributed by atoms with van der Waals surface area (Å²) in [6, 6.07) is 14.4. The maximum absolute atomic E-state index is 12.7. The van der Waals surface area contributed by atoms with E-state index in [0.717, 1.165) is 5.56 Å². The van der Waals surface area contributed by atoms with Crippen LogP contribution < -0.4 is 20.4 Å². The van der Waals surface area contributed by atoms with E-state index in [9.17, 15) is 14.4 Å². The zero-order valence-corrected chi connectivity index (χ0v) is 17.5. The summed E-state index contributed by atoms with van der Waals surface area (Å²) in [6.07, 6.45) is 0.462. The molecule has 10 heteroatoms. The zero-order valence-electron chi connectivity index (χ0n) is 16.7. The van der Waals surface area contributed by atoms with Crippen molar-refractivity contribution in [3.05, 3.63) is 53.9 Å². The highest BCUT2D eigenvalue weighted by atomic mass is 32.1. The standard InChI is InChI=1S/C22H17N5O4S/c28-19-11-31-18-8-6-13(10-16(18)23-19)17-12-32-22(24-17)25-21(30)15-7-9-20(29)27(26-15)14-4-2-1-3-5-14/h1-6,8,10,12H,7,9,11H2,(H,23,28)(H,24,25,30). The van der Waals surface area contributed by atoms with Crippen molar-refractivity contribution in [2.45, 2.75) is 12.8 Å². The van der Waals surface area contributed by atoms with E-state index in [4.69, 9.17) is 4.74 Å². The zero-order chi connectivity index (χ0) is 22.1. The van der Waals surface area contributed by atoms with Gasteiger partial charge in [0.1, 0.15) is 11.5 Å². The summed E-state index contributed by atoms with van der Waals surface area (Å²) < 4.78 is 5.37. The molecule has 2 aliphatic rings. The lowest BCUT2D eigenvalue weighted by atomic mass is 10.1. The second-order valence-corrected chi connectivity index (χ2v) is 7.99. The first-order valence-electron chi connectivity index (χ1n) is 9.86. The number of carbonyl (C=O) groups excluding carboxylic acids is 3. The first-order valence-corrected chi connectivity index (χ1v) is 10.7. The monoisotopic (exact) mass is 447 g/mol. The van der Waals surface area contributed by atoms with E-state index in [2.05, 4.69) is 20.7 Å². The molecule has 3 heterocycles. The number of amides is 3. The molecule has 2 N–H and O–H groups in total. The Hall–Kier alpha value is -4.05. The molecule has 160 valence electrons. The molecule has 0 saturated heterocycles. The van der Waals surface area contributed by atoms with Crippen LogP contribution in [0.2, 0.25) is 0 Å². The SMILES string of the molecule is O=C1COc2ccc(-c3csc(NC(=O)C4=NN(c5ccccc5)C(=O)CC4)n3)cc2N1. The van der Waals surface area contributed by atoms with Crippen molar-refractivity contribution in [2.75, 3.05) is 22.2 Å². The van der Waals surface area contributed by atoms with Gasteiger partial charge in [0, 0.05) is 23.8 Å². The van der Waals surface area contributed by atoms with E-state index in [1.807, 2.05) is 29.6 Å². The number of thiazole rings is 1. The highest BCUT2D eigenvalue weighted by molar-refractivity contribution is 7.14. The number of hydrogen-bond acceptors (Lipinski definition) is 7. The number of para-hydroxylation sites is 1. The van der Waals surface area contributed by atoms with Crippen molar-refractivity contribution in [2.24, 2.45) is 5.10 Å². The number of hydrazone groups is 1. The Morgan fingerprint density at radius 1 is 1.12 bits per heavy atom. The minimum Gasteiger partial charge on any atom is -0.482 e. The van der Waals surface area contributed by atoms with Gasteiger partial charge in [0.05, 0.1) is 17.1 Å². The fourth-order valence-corrected chi connectivity index (χ4v) is 4.08. The van der Waals surface area contributed by atoms with Gasteiger partial charge in [-0.3, -0.25) is 19.7 Å². The Morgan fingerprint density at radius 2 is 1.97 bits per heavy atom. The quantitative estimate of drug-likeness (QED) is 0.637. The molecule has 9 nitrogen and oxygen atoms in total. The second-order valence-electron chi connectivity index (χ2n) is 7.13. The lowest BCUT2D eigenvalue weighted by Gasteiger charge is -2.22. The van der Waals surface area contributed by atoms with Gasteiger partial charge in [-0.25, -0.2) is 9.99 Å². The third-order valence-corrected chi connectivity index (χ3v) is 5.69. The number of nitrogens with one attached hydrogen (secondary N) is 2. The van der Waals surface area contributed by atoms with Gasteiger partial charge in [-0.1, -0.05) is 18.2 Å². The lowest BCUT2D eigenvalue weighted by molar-refractivity contribution is -0.119. The average molecular weight is 447 g/mol. The van der Waals surface area contributed by atoms with Gasteiger partial charge >= 0.3 is 0 Å². The molecule has 32 heavy (non-hydrogen) atoms. The van der Waals surface area contributed by atoms with E-state index in [-0.39, 0.29) is 37.0 Å². The van der Waals surface area contributed by atoms with Crippen molar-refractivity contribution in [3.8, 4) is 17.0 Å². The van der Waals surface area contributed by atoms with Gasteiger partial charge in [-0.2, -0.15) is 5.10 Å². The highest BCUT2D eigenvalue weighted by Gasteiger charge is 2.26. The van der Waals surface area contributed by atoms with E-state index in [1.54, 1.807) is 24.3 Å². The number of nitrogens with zero attached hydrogens (tertiary/aromatic N) is 3. The molecular weight excluding hydrogens is 430 g/mol. The first kappa shape index (κ1) is 19.9.